The van der Waals surface area contributed by atoms with E-state index in [9.17, 15) is 0 Å². The van der Waals surface area contributed by atoms with Crippen LogP contribution in [0.25, 0.3) is 11.0 Å². The van der Waals surface area contributed by atoms with Gasteiger partial charge in [0.15, 0.2) is 0 Å². The van der Waals surface area contributed by atoms with Crippen LogP contribution >= 0.6 is 0 Å². The quantitative estimate of drug-likeness (QED) is 0.671. The third-order valence-corrected chi connectivity index (χ3v) is 3.08. The van der Waals surface area contributed by atoms with Gasteiger partial charge in [0.05, 0.1) is 29.6 Å². The van der Waals surface area contributed by atoms with Crippen molar-refractivity contribution in [3.8, 4) is 0 Å². The van der Waals surface area contributed by atoms with Crippen LogP contribution in [0.15, 0.2) is 36.8 Å². The number of hydrogen-bond acceptors (Lipinski definition) is 2. The van der Waals surface area contributed by atoms with E-state index in [1.165, 1.54) is 11.2 Å². The van der Waals surface area contributed by atoms with Gasteiger partial charge >= 0.3 is 0 Å². The first kappa shape index (κ1) is 10.1. The minimum Gasteiger partial charge on any atom is -0.336 e. The summed E-state index contributed by atoms with van der Waals surface area (Å²) in [7, 11) is 2.01. The van der Waals surface area contributed by atoms with Crippen molar-refractivity contribution >= 4 is 11.0 Å². The molecule has 0 aliphatic rings. The molecule has 0 unspecified atom stereocenters. The zero-order valence-electron chi connectivity index (χ0n) is 9.96. The number of fused-ring (bicyclic) bond motifs is 1. The molecule has 0 amide bonds. The maximum Gasteiger partial charge on any atom is 0.107 e. The Balaban J connectivity index is 2.11. The third-order valence-electron chi connectivity index (χ3n) is 3.08. The molecule has 0 fully saturated rings. The van der Waals surface area contributed by atoms with Gasteiger partial charge < -0.3 is 9.13 Å². The van der Waals surface area contributed by atoms with Crippen LogP contribution in [0.1, 0.15) is 11.5 Å². The second-order valence-corrected chi connectivity index (χ2v) is 4.23. The minimum absolute atomic E-state index is 0.808. The summed E-state index contributed by atoms with van der Waals surface area (Å²) in [5.41, 5.74) is 3.40. The minimum atomic E-state index is 0.808. The van der Waals surface area contributed by atoms with Gasteiger partial charge in [-0.25, -0.2) is 9.97 Å². The van der Waals surface area contributed by atoms with E-state index >= 15 is 0 Å². The molecule has 3 rings (SSSR count). The van der Waals surface area contributed by atoms with Crippen molar-refractivity contribution in [1.29, 1.82) is 0 Å². The van der Waals surface area contributed by atoms with E-state index in [2.05, 4.69) is 20.6 Å². The molecule has 17 heavy (non-hydrogen) atoms. The van der Waals surface area contributed by atoms with Gasteiger partial charge in [-0.05, 0) is 19.1 Å². The van der Waals surface area contributed by atoms with Crippen molar-refractivity contribution in [2.45, 2.75) is 13.5 Å². The highest BCUT2D eigenvalue weighted by molar-refractivity contribution is 5.75. The number of hydrogen-bond donors (Lipinski definition) is 0. The molecule has 3 aromatic rings. The fraction of sp³-hybridized carbons (Fsp3) is 0.231. The SMILES string of the molecule is Cc1nc2ccccc2n1Cc1cncn1C. The van der Waals surface area contributed by atoms with Crippen molar-refractivity contribution in [2.24, 2.45) is 7.05 Å². The average Bonchev–Trinajstić information content (AvgIpc) is 2.85. The highest BCUT2D eigenvalue weighted by atomic mass is 15.1. The summed E-state index contributed by atoms with van der Waals surface area (Å²) < 4.78 is 4.25. The summed E-state index contributed by atoms with van der Waals surface area (Å²) in [6.07, 6.45) is 3.72. The number of benzene rings is 1. The predicted molar refractivity (Wildman–Crippen MR) is 66.8 cm³/mol. The number of aryl methyl sites for hydroxylation is 2. The molecule has 0 atom stereocenters. The molecular weight excluding hydrogens is 212 g/mol. The van der Waals surface area contributed by atoms with Crippen LogP contribution in [0.4, 0.5) is 0 Å². The summed E-state index contributed by atoms with van der Waals surface area (Å²) in [6, 6.07) is 8.21. The highest BCUT2D eigenvalue weighted by Gasteiger charge is 2.08. The molecule has 0 saturated heterocycles. The number of rotatable bonds is 2. The van der Waals surface area contributed by atoms with Gasteiger partial charge in [-0.1, -0.05) is 12.1 Å². The number of nitrogens with zero attached hydrogens (tertiary/aromatic N) is 4. The second-order valence-electron chi connectivity index (χ2n) is 4.23. The zero-order valence-corrected chi connectivity index (χ0v) is 9.96. The van der Waals surface area contributed by atoms with E-state index in [1.54, 1.807) is 0 Å². The van der Waals surface area contributed by atoms with Crippen LogP contribution in [0, 0.1) is 6.92 Å². The summed E-state index contributed by atoms with van der Waals surface area (Å²) in [5.74, 6) is 1.03. The van der Waals surface area contributed by atoms with Crippen LogP contribution in [-0.2, 0) is 13.6 Å². The Kier molecular flexibility index (Phi) is 2.21. The Morgan fingerprint density at radius 1 is 1.24 bits per heavy atom. The molecule has 86 valence electrons. The summed E-state index contributed by atoms with van der Waals surface area (Å²) in [6.45, 7) is 2.85. The second kappa shape index (κ2) is 3.73. The first-order valence-electron chi connectivity index (χ1n) is 5.63. The molecule has 2 aromatic heterocycles. The summed E-state index contributed by atoms with van der Waals surface area (Å²) in [4.78, 5) is 8.70. The lowest BCUT2D eigenvalue weighted by molar-refractivity contribution is 0.719. The molecule has 0 N–H and O–H groups in total. The maximum absolute atomic E-state index is 4.56. The Hall–Kier alpha value is -2.10. The van der Waals surface area contributed by atoms with E-state index in [1.807, 2.05) is 49.3 Å². The molecule has 2 heterocycles. The zero-order chi connectivity index (χ0) is 11.8. The molecule has 0 saturated carbocycles. The lowest BCUT2D eigenvalue weighted by Crippen LogP contribution is -2.05. The van der Waals surface area contributed by atoms with Gasteiger partial charge in [0.25, 0.3) is 0 Å². The van der Waals surface area contributed by atoms with Gasteiger partial charge in [0.2, 0.25) is 0 Å². The lowest BCUT2D eigenvalue weighted by Gasteiger charge is -2.07. The van der Waals surface area contributed by atoms with Crippen LogP contribution in [-0.4, -0.2) is 19.1 Å². The smallest absolute Gasteiger partial charge is 0.107 e. The van der Waals surface area contributed by atoms with Gasteiger partial charge in [-0.15, -0.1) is 0 Å². The molecule has 4 heteroatoms. The Morgan fingerprint density at radius 3 is 2.82 bits per heavy atom. The predicted octanol–water partition coefficient (Wildman–Crippen LogP) is 2.13. The largest absolute Gasteiger partial charge is 0.336 e. The Bertz CT molecular complexity index is 663. The fourth-order valence-corrected chi connectivity index (χ4v) is 2.09. The topological polar surface area (TPSA) is 35.6 Å². The first-order chi connectivity index (χ1) is 8.25. The van der Waals surface area contributed by atoms with E-state index in [-0.39, 0.29) is 0 Å². The lowest BCUT2D eigenvalue weighted by atomic mass is 10.3. The van der Waals surface area contributed by atoms with Gasteiger partial charge in [0.1, 0.15) is 5.82 Å². The van der Waals surface area contributed by atoms with Crippen molar-refractivity contribution in [2.75, 3.05) is 0 Å². The molecule has 0 aliphatic carbocycles. The van der Waals surface area contributed by atoms with Crippen molar-refractivity contribution in [1.82, 2.24) is 19.1 Å². The van der Waals surface area contributed by atoms with Gasteiger partial charge in [-0.2, -0.15) is 0 Å². The summed E-state index contributed by atoms with van der Waals surface area (Å²) in [5, 5.41) is 0. The van der Waals surface area contributed by atoms with E-state index in [4.69, 9.17) is 0 Å². The van der Waals surface area contributed by atoms with Gasteiger partial charge in [0, 0.05) is 13.2 Å². The number of imidazole rings is 2. The summed E-state index contributed by atoms with van der Waals surface area (Å²) >= 11 is 0. The Labute approximate surface area is 99.5 Å². The number of para-hydroxylation sites is 2. The third kappa shape index (κ3) is 1.62. The Morgan fingerprint density at radius 2 is 2.06 bits per heavy atom. The van der Waals surface area contributed by atoms with Gasteiger partial charge in [-0.3, -0.25) is 0 Å². The first-order valence-corrected chi connectivity index (χ1v) is 5.63. The van der Waals surface area contributed by atoms with E-state index < -0.39 is 0 Å². The van der Waals surface area contributed by atoms with Crippen LogP contribution < -0.4 is 0 Å². The average molecular weight is 226 g/mol. The van der Waals surface area contributed by atoms with E-state index in [0.717, 1.165) is 17.9 Å². The fourth-order valence-electron chi connectivity index (χ4n) is 2.09. The monoisotopic (exact) mass is 226 g/mol. The number of aromatic nitrogens is 4. The molecule has 0 aliphatic heterocycles. The van der Waals surface area contributed by atoms with Crippen LogP contribution in [0.3, 0.4) is 0 Å². The normalized spacial score (nSPS) is 11.2. The van der Waals surface area contributed by atoms with E-state index in [0.29, 0.717) is 0 Å². The molecule has 0 bridgehead atoms. The molecule has 4 nitrogen and oxygen atoms in total. The van der Waals surface area contributed by atoms with Crippen molar-refractivity contribution in [3.05, 3.63) is 48.3 Å². The van der Waals surface area contributed by atoms with Crippen LogP contribution in [0.5, 0.6) is 0 Å². The van der Waals surface area contributed by atoms with Crippen molar-refractivity contribution < 1.29 is 0 Å². The molecule has 1 aromatic carbocycles. The standard InChI is InChI=1S/C13H14N4/c1-10-15-12-5-3-4-6-13(12)17(10)8-11-7-14-9-16(11)2/h3-7,9H,8H2,1-2H3. The van der Waals surface area contributed by atoms with Crippen molar-refractivity contribution in [3.63, 3.8) is 0 Å². The molecular formula is C13H14N4. The highest BCUT2D eigenvalue weighted by Crippen LogP contribution is 2.16. The molecule has 0 radical (unpaired) electrons. The molecule has 0 spiro atoms. The maximum atomic E-state index is 4.56. The van der Waals surface area contributed by atoms with Crippen LogP contribution in [0.2, 0.25) is 0 Å².